The first-order valence-electron chi connectivity index (χ1n) is 8.27. The molecule has 3 N–H and O–H groups in total. The zero-order chi connectivity index (χ0) is 17.4. The summed E-state index contributed by atoms with van der Waals surface area (Å²) < 4.78 is 0. The van der Waals surface area contributed by atoms with Gasteiger partial charge in [-0.2, -0.15) is 0 Å². The molecule has 0 aliphatic carbocycles. The Bertz CT molecular complexity index is 369. The number of nitrogens with zero attached hydrogens (tertiary/aromatic N) is 1. The van der Waals surface area contributed by atoms with Crippen LogP contribution in [0.3, 0.4) is 0 Å². The van der Waals surface area contributed by atoms with E-state index in [4.69, 9.17) is 0 Å². The van der Waals surface area contributed by atoms with Gasteiger partial charge in [0, 0.05) is 26.2 Å². The van der Waals surface area contributed by atoms with Crippen molar-refractivity contribution in [1.29, 1.82) is 0 Å². The number of carbonyl (C=O) groups is 1. The lowest BCUT2D eigenvalue weighted by atomic mass is 9.89. The molecule has 5 nitrogen and oxygen atoms in total. The van der Waals surface area contributed by atoms with Gasteiger partial charge in [0.1, 0.15) is 0 Å². The standard InChI is InChI=1S/C17H36N4O/c1-9-19-14(22)17(6,7)12-20-15(18-8)21-13(2)10-11-16(3,4)5/h13H,9-12H2,1-8H3,(H,19,22)(H2,18,20,21). The van der Waals surface area contributed by atoms with Crippen molar-refractivity contribution in [3.8, 4) is 0 Å². The molecule has 0 heterocycles. The fourth-order valence-electron chi connectivity index (χ4n) is 1.93. The summed E-state index contributed by atoms with van der Waals surface area (Å²) in [6.07, 6.45) is 2.24. The van der Waals surface area contributed by atoms with Crippen LogP contribution >= 0.6 is 0 Å². The molecule has 0 radical (unpaired) electrons. The van der Waals surface area contributed by atoms with Crippen LogP contribution in [0.25, 0.3) is 0 Å². The number of rotatable bonds is 7. The maximum Gasteiger partial charge on any atom is 0.227 e. The molecule has 0 aromatic heterocycles. The zero-order valence-electron chi connectivity index (χ0n) is 15.8. The Morgan fingerprint density at radius 1 is 1.14 bits per heavy atom. The summed E-state index contributed by atoms with van der Waals surface area (Å²) in [7, 11) is 1.75. The zero-order valence-corrected chi connectivity index (χ0v) is 15.8. The highest BCUT2D eigenvalue weighted by molar-refractivity contribution is 5.84. The van der Waals surface area contributed by atoms with E-state index in [-0.39, 0.29) is 5.91 Å². The third-order valence-corrected chi connectivity index (χ3v) is 3.58. The number of nitrogens with one attached hydrogen (secondary N) is 3. The molecule has 0 aromatic rings. The van der Waals surface area contributed by atoms with E-state index in [0.29, 0.717) is 24.5 Å². The first-order valence-corrected chi connectivity index (χ1v) is 8.27. The minimum Gasteiger partial charge on any atom is -0.356 e. The predicted molar refractivity (Wildman–Crippen MR) is 95.1 cm³/mol. The molecule has 130 valence electrons. The van der Waals surface area contributed by atoms with Gasteiger partial charge in [-0.05, 0) is 46.0 Å². The second-order valence-corrected chi connectivity index (χ2v) is 7.81. The van der Waals surface area contributed by atoms with Gasteiger partial charge in [0.05, 0.1) is 5.41 Å². The van der Waals surface area contributed by atoms with Crippen LogP contribution in [0.1, 0.15) is 61.3 Å². The van der Waals surface area contributed by atoms with Gasteiger partial charge in [-0.15, -0.1) is 0 Å². The SMILES string of the molecule is CCNC(=O)C(C)(C)CNC(=NC)NC(C)CCC(C)(C)C. The van der Waals surface area contributed by atoms with Gasteiger partial charge in [-0.1, -0.05) is 20.8 Å². The van der Waals surface area contributed by atoms with Gasteiger partial charge in [0.2, 0.25) is 5.91 Å². The van der Waals surface area contributed by atoms with Crippen molar-refractivity contribution >= 4 is 11.9 Å². The van der Waals surface area contributed by atoms with Crippen LogP contribution in [0.15, 0.2) is 4.99 Å². The molecule has 0 saturated heterocycles. The Hall–Kier alpha value is -1.26. The first-order chi connectivity index (χ1) is 10.0. The van der Waals surface area contributed by atoms with Gasteiger partial charge < -0.3 is 16.0 Å². The first kappa shape index (κ1) is 20.7. The summed E-state index contributed by atoms with van der Waals surface area (Å²) in [5, 5.41) is 9.51. The molecule has 0 spiro atoms. The Kier molecular flexibility index (Phi) is 8.49. The molecule has 0 aliphatic heterocycles. The molecular formula is C17H36N4O. The molecule has 5 heteroatoms. The predicted octanol–water partition coefficient (Wildman–Crippen LogP) is 2.53. The fraction of sp³-hybridized carbons (Fsp3) is 0.882. The number of hydrogen-bond donors (Lipinski definition) is 3. The molecule has 0 aromatic carbocycles. The molecular weight excluding hydrogens is 276 g/mol. The molecule has 22 heavy (non-hydrogen) atoms. The summed E-state index contributed by atoms with van der Waals surface area (Å²) >= 11 is 0. The Labute approximate surface area is 136 Å². The molecule has 0 rings (SSSR count). The normalized spacial score (nSPS) is 14.5. The van der Waals surface area contributed by atoms with Crippen LogP contribution in [0.4, 0.5) is 0 Å². The number of guanidine groups is 1. The highest BCUT2D eigenvalue weighted by atomic mass is 16.2. The van der Waals surface area contributed by atoms with Crippen molar-refractivity contribution in [3.05, 3.63) is 0 Å². The fourth-order valence-corrected chi connectivity index (χ4v) is 1.93. The van der Waals surface area contributed by atoms with Crippen molar-refractivity contribution < 1.29 is 4.79 Å². The quantitative estimate of drug-likeness (QED) is 0.500. The second kappa shape index (κ2) is 9.01. The Morgan fingerprint density at radius 2 is 1.73 bits per heavy atom. The van der Waals surface area contributed by atoms with E-state index in [1.807, 2.05) is 20.8 Å². The molecule has 1 amide bonds. The molecule has 0 fully saturated rings. The summed E-state index contributed by atoms with van der Waals surface area (Å²) in [5.74, 6) is 0.803. The van der Waals surface area contributed by atoms with Gasteiger partial charge in [0.25, 0.3) is 0 Å². The van der Waals surface area contributed by atoms with E-state index in [1.165, 1.54) is 0 Å². The third kappa shape index (κ3) is 8.90. The van der Waals surface area contributed by atoms with Crippen LogP contribution in [-0.2, 0) is 4.79 Å². The van der Waals surface area contributed by atoms with Gasteiger partial charge in [-0.3, -0.25) is 9.79 Å². The van der Waals surface area contributed by atoms with Gasteiger partial charge in [-0.25, -0.2) is 0 Å². The van der Waals surface area contributed by atoms with E-state index >= 15 is 0 Å². The molecule has 1 atom stereocenters. The van der Waals surface area contributed by atoms with Crippen LogP contribution < -0.4 is 16.0 Å². The van der Waals surface area contributed by atoms with E-state index in [1.54, 1.807) is 7.05 Å². The third-order valence-electron chi connectivity index (χ3n) is 3.58. The van der Waals surface area contributed by atoms with Crippen LogP contribution in [-0.4, -0.2) is 38.0 Å². The Balaban J connectivity index is 4.36. The number of hydrogen-bond acceptors (Lipinski definition) is 2. The molecule has 1 unspecified atom stereocenters. The lowest BCUT2D eigenvalue weighted by Gasteiger charge is -2.26. The highest BCUT2D eigenvalue weighted by Crippen LogP contribution is 2.21. The average Bonchev–Trinajstić information content (AvgIpc) is 2.40. The van der Waals surface area contributed by atoms with E-state index in [9.17, 15) is 4.79 Å². The van der Waals surface area contributed by atoms with E-state index in [2.05, 4.69) is 48.6 Å². The molecule has 0 bridgehead atoms. The largest absolute Gasteiger partial charge is 0.356 e. The summed E-state index contributed by atoms with van der Waals surface area (Å²) in [6, 6.07) is 0.345. The summed E-state index contributed by atoms with van der Waals surface area (Å²) in [4.78, 5) is 16.2. The molecule has 0 saturated carbocycles. The van der Waals surface area contributed by atoms with Crippen molar-refractivity contribution in [2.45, 2.75) is 67.3 Å². The lowest BCUT2D eigenvalue weighted by molar-refractivity contribution is -0.128. The number of carbonyl (C=O) groups excluding carboxylic acids is 1. The minimum absolute atomic E-state index is 0.0544. The van der Waals surface area contributed by atoms with Gasteiger partial charge in [0.15, 0.2) is 5.96 Å². The van der Waals surface area contributed by atoms with Crippen molar-refractivity contribution in [2.75, 3.05) is 20.1 Å². The minimum atomic E-state index is -0.470. The molecule has 0 aliphatic rings. The highest BCUT2D eigenvalue weighted by Gasteiger charge is 2.27. The summed E-state index contributed by atoms with van der Waals surface area (Å²) in [6.45, 7) is 15.9. The average molecular weight is 313 g/mol. The van der Waals surface area contributed by atoms with E-state index < -0.39 is 5.41 Å². The number of amides is 1. The van der Waals surface area contributed by atoms with Crippen LogP contribution in [0.5, 0.6) is 0 Å². The van der Waals surface area contributed by atoms with E-state index in [0.717, 1.165) is 18.8 Å². The topological polar surface area (TPSA) is 65.5 Å². The van der Waals surface area contributed by atoms with Crippen LogP contribution in [0, 0.1) is 10.8 Å². The second-order valence-electron chi connectivity index (χ2n) is 7.81. The van der Waals surface area contributed by atoms with Crippen molar-refractivity contribution in [2.24, 2.45) is 15.8 Å². The summed E-state index contributed by atoms with van der Waals surface area (Å²) in [5.41, 5.74) is -0.130. The van der Waals surface area contributed by atoms with Gasteiger partial charge >= 0.3 is 0 Å². The Morgan fingerprint density at radius 3 is 2.18 bits per heavy atom. The monoisotopic (exact) mass is 312 g/mol. The maximum absolute atomic E-state index is 12.0. The van der Waals surface area contributed by atoms with Crippen LogP contribution in [0.2, 0.25) is 0 Å². The smallest absolute Gasteiger partial charge is 0.227 e. The maximum atomic E-state index is 12.0. The number of aliphatic imine (C=N–C) groups is 1. The lowest BCUT2D eigenvalue weighted by Crippen LogP contribution is -2.49. The van der Waals surface area contributed by atoms with Crippen molar-refractivity contribution in [3.63, 3.8) is 0 Å². The van der Waals surface area contributed by atoms with Crippen molar-refractivity contribution in [1.82, 2.24) is 16.0 Å².